The van der Waals surface area contributed by atoms with Crippen molar-refractivity contribution in [1.29, 1.82) is 0 Å². The van der Waals surface area contributed by atoms with Gasteiger partial charge < -0.3 is 14.8 Å². The Kier molecular flexibility index (Phi) is 9.99. The first-order chi connectivity index (χ1) is 15.9. The summed E-state index contributed by atoms with van der Waals surface area (Å²) in [5, 5.41) is 8.24. The Balaban J connectivity index is 2.54. The molecular weight excluding hydrogens is 450 g/mol. The third kappa shape index (κ3) is 7.70. The Bertz CT molecular complexity index is 982. The van der Waals surface area contributed by atoms with Crippen LogP contribution in [0.5, 0.6) is 0 Å². The fourth-order valence-corrected chi connectivity index (χ4v) is 3.34. The van der Waals surface area contributed by atoms with Gasteiger partial charge in [-0.1, -0.05) is 30.0 Å². The van der Waals surface area contributed by atoms with Crippen molar-refractivity contribution < 1.29 is 28.7 Å². The molecule has 0 saturated carbocycles. The van der Waals surface area contributed by atoms with E-state index in [1.807, 2.05) is 30.3 Å². The SMILES string of the molecule is CCNC(=O)N(OC)c1cc(Sc2ccccc2)ccc1N=C(NC(=O)OC)NC(=O)OC. The molecule has 4 amide bonds. The number of hydroxylamine groups is 1. The van der Waals surface area contributed by atoms with Gasteiger partial charge in [0, 0.05) is 16.3 Å². The number of alkyl carbamates (subject to hydrolysis) is 2. The highest BCUT2D eigenvalue weighted by atomic mass is 32.2. The highest BCUT2D eigenvalue weighted by Crippen LogP contribution is 2.36. The normalized spacial score (nSPS) is 9.94. The lowest BCUT2D eigenvalue weighted by atomic mass is 10.2. The molecular formula is C21H25N5O6S. The molecule has 0 fully saturated rings. The number of methoxy groups -OCH3 is 2. The molecule has 3 N–H and O–H groups in total. The third-order valence-electron chi connectivity index (χ3n) is 3.88. The van der Waals surface area contributed by atoms with Crippen LogP contribution in [0.2, 0.25) is 0 Å². The van der Waals surface area contributed by atoms with Gasteiger partial charge in [0.25, 0.3) is 0 Å². The summed E-state index contributed by atoms with van der Waals surface area (Å²) in [5.74, 6) is -0.273. The molecule has 11 nitrogen and oxygen atoms in total. The molecule has 0 aliphatic carbocycles. The molecule has 0 spiro atoms. The molecule has 0 unspecified atom stereocenters. The number of benzene rings is 2. The molecule has 0 bridgehead atoms. The fraction of sp³-hybridized carbons (Fsp3) is 0.238. The van der Waals surface area contributed by atoms with E-state index < -0.39 is 18.2 Å². The molecule has 176 valence electrons. The van der Waals surface area contributed by atoms with Gasteiger partial charge in [-0.3, -0.25) is 15.5 Å². The van der Waals surface area contributed by atoms with Crippen LogP contribution >= 0.6 is 11.8 Å². The molecule has 2 aromatic carbocycles. The largest absolute Gasteiger partial charge is 0.453 e. The van der Waals surface area contributed by atoms with E-state index in [0.29, 0.717) is 6.54 Å². The first kappa shape index (κ1) is 25.5. The lowest BCUT2D eigenvalue weighted by Crippen LogP contribution is -2.43. The number of nitrogens with one attached hydrogen (secondary N) is 3. The standard InChI is InChI=1S/C21H25N5O6S/c1-5-22-19(27)26(32-4)17-13-15(33-14-9-7-6-8-10-14)11-12-16(17)23-18(24-20(28)30-2)25-21(29)31-3/h6-13H,5H2,1-4H3,(H,22,27)(H2,23,24,25,28,29). The number of ether oxygens (including phenoxy) is 2. The van der Waals surface area contributed by atoms with Gasteiger partial charge in [0.05, 0.1) is 27.0 Å². The number of rotatable bonds is 6. The van der Waals surface area contributed by atoms with Crippen molar-refractivity contribution in [1.82, 2.24) is 16.0 Å². The number of guanidine groups is 1. The average Bonchev–Trinajstić information content (AvgIpc) is 2.81. The van der Waals surface area contributed by atoms with Gasteiger partial charge in [-0.25, -0.2) is 19.4 Å². The van der Waals surface area contributed by atoms with E-state index in [0.717, 1.165) is 29.1 Å². The molecule has 33 heavy (non-hydrogen) atoms. The fourth-order valence-electron chi connectivity index (χ4n) is 2.47. The molecule has 0 atom stereocenters. The first-order valence-corrected chi connectivity index (χ1v) is 10.5. The van der Waals surface area contributed by atoms with E-state index in [4.69, 9.17) is 4.84 Å². The zero-order valence-corrected chi connectivity index (χ0v) is 19.4. The summed E-state index contributed by atoms with van der Waals surface area (Å²) in [6.45, 7) is 2.14. The summed E-state index contributed by atoms with van der Waals surface area (Å²) < 4.78 is 9.13. The highest BCUT2D eigenvalue weighted by molar-refractivity contribution is 7.99. The monoisotopic (exact) mass is 475 g/mol. The maximum absolute atomic E-state index is 12.6. The first-order valence-electron chi connectivity index (χ1n) is 9.69. The van der Waals surface area contributed by atoms with E-state index in [9.17, 15) is 14.4 Å². The van der Waals surface area contributed by atoms with Gasteiger partial charge in [-0.15, -0.1) is 0 Å². The van der Waals surface area contributed by atoms with Gasteiger partial charge in [0.15, 0.2) is 0 Å². The number of carbonyl (C=O) groups excluding carboxylic acids is 3. The summed E-state index contributed by atoms with van der Waals surface area (Å²) in [6.07, 6.45) is -1.73. The van der Waals surface area contributed by atoms with Crippen molar-refractivity contribution >= 4 is 47.3 Å². The summed E-state index contributed by atoms with van der Waals surface area (Å²) >= 11 is 1.47. The van der Waals surface area contributed by atoms with Gasteiger partial charge in [0.2, 0.25) is 5.96 Å². The average molecular weight is 476 g/mol. The van der Waals surface area contributed by atoms with Gasteiger partial charge >= 0.3 is 18.2 Å². The van der Waals surface area contributed by atoms with Crippen molar-refractivity contribution in [3.63, 3.8) is 0 Å². The quantitative estimate of drug-likeness (QED) is 0.330. The van der Waals surface area contributed by atoms with E-state index in [1.54, 1.807) is 25.1 Å². The molecule has 12 heteroatoms. The van der Waals surface area contributed by atoms with E-state index in [-0.39, 0.29) is 17.3 Å². The van der Waals surface area contributed by atoms with Crippen LogP contribution in [0.3, 0.4) is 0 Å². The number of hydrogen-bond acceptors (Lipinski definition) is 8. The summed E-state index contributed by atoms with van der Waals surface area (Å²) in [4.78, 5) is 47.3. The Hall–Kier alpha value is -3.77. The minimum atomic E-state index is -0.865. The summed E-state index contributed by atoms with van der Waals surface area (Å²) in [5.41, 5.74) is 0.475. The zero-order chi connectivity index (χ0) is 24.2. The lowest BCUT2D eigenvalue weighted by Gasteiger charge is -2.22. The molecule has 0 aliphatic rings. The van der Waals surface area contributed by atoms with Crippen LogP contribution < -0.4 is 21.0 Å². The van der Waals surface area contributed by atoms with Gasteiger partial charge in [0.1, 0.15) is 5.69 Å². The Labute approximate surface area is 195 Å². The van der Waals surface area contributed by atoms with E-state index in [1.165, 1.54) is 18.9 Å². The molecule has 2 aromatic rings. The molecule has 2 rings (SSSR count). The van der Waals surface area contributed by atoms with Crippen LogP contribution in [0.15, 0.2) is 63.3 Å². The van der Waals surface area contributed by atoms with Crippen molar-refractivity contribution in [3.8, 4) is 0 Å². The van der Waals surface area contributed by atoms with Crippen LogP contribution in [-0.2, 0) is 14.3 Å². The number of urea groups is 1. The number of aliphatic imine (C=N–C) groups is 1. The maximum atomic E-state index is 12.6. The maximum Gasteiger partial charge on any atom is 0.413 e. The predicted octanol–water partition coefficient (Wildman–Crippen LogP) is 3.63. The Morgan fingerprint density at radius 3 is 2.12 bits per heavy atom. The van der Waals surface area contributed by atoms with Crippen LogP contribution in [0, 0.1) is 0 Å². The third-order valence-corrected chi connectivity index (χ3v) is 4.88. The highest BCUT2D eigenvalue weighted by Gasteiger charge is 2.21. The van der Waals surface area contributed by atoms with Crippen molar-refractivity contribution in [2.45, 2.75) is 16.7 Å². The summed E-state index contributed by atoms with van der Waals surface area (Å²) in [7, 11) is 3.65. The van der Waals surface area contributed by atoms with Crippen LogP contribution in [0.25, 0.3) is 0 Å². The smallest absolute Gasteiger partial charge is 0.413 e. The molecule has 0 aromatic heterocycles. The van der Waals surface area contributed by atoms with Crippen molar-refractivity contribution in [2.24, 2.45) is 4.99 Å². The van der Waals surface area contributed by atoms with E-state index >= 15 is 0 Å². The number of carbonyl (C=O) groups is 3. The predicted molar refractivity (Wildman–Crippen MR) is 124 cm³/mol. The topological polar surface area (TPSA) is 131 Å². The van der Waals surface area contributed by atoms with Gasteiger partial charge in [-0.2, -0.15) is 5.06 Å². The molecule has 0 saturated heterocycles. The number of hydrogen-bond donors (Lipinski definition) is 3. The van der Waals surface area contributed by atoms with Gasteiger partial charge in [-0.05, 0) is 37.3 Å². The lowest BCUT2D eigenvalue weighted by molar-refractivity contribution is 0.163. The Morgan fingerprint density at radius 1 is 0.939 bits per heavy atom. The molecule has 0 radical (unpaired) electrons. The molecule has 0 heterocycles. The number of nitrogens with zero attached hydrogens (tertiary/aromatic N) is 2. The zero-order valence-electron chi connectivity index (χ0n) is 18.6. The summed E-state index contributed by atoms with van der Waals surface area (Å²) in [6, 6.07) is 14.2. The second kappa shape index (κ2) is 12.9. The van der Waals surface area contributed by atoms with Crippen molar-refractivity contribution in [3.05, 3.63) is 48.5 Å². The molecule has 0 aliphatic heterocycles. The van der Waals surface area contributed by atoms with Crippen LogP contribution in [0.4, 0.5) is 25.8 Å². The minimum absolute atomic E-state index is 0.211. The number of anilines is 1. The second-order valence-electron chi connectivity index (χ2n) is 6.07. The van der Waals surface area contributed by atoms with Crippen LogP contribution in [0.1, 0.15) is 6.92 Å². The van der Waals surface area contributed by atoms with Crippen molar-refractivity contribution in [2.75, 3.05) is 32.9 Å². The number of amides is 4. The second-order valence-corrected chi connectivity index (χ2v) is 7.22. The minimum Gasteiger partial charge on any atom is -0.453 e. The Morgan fingerprint density at radius 2 is 1.58 bits per heavy atom. The van der Waals surface area contributed by atoms with Crippen LogP contribution in [-0.4, -0.2) is 52.1 Å². The van der Waals surface area contributed by atoms with E-state index in [2.05, 4.69) is 30.4 Å².